The lowest BCUT2D eigenvalue weighted by atomic mass is 9.96. The fraction of sp³-hybridized carbons (Fsp3) is 0.471. The molecule has 0 aromatic heterocycles. The van der Waals surface area contributed by atoms with Gasteiger partial charge in [-0.1, -0.05) is 12.1 Å². The van der Waals surface area contributed by atoms with E-state index in [9.17, 15) is 27.6 Å². The summed E-state index contributed by atoms with van der Waals surface area (Å²) < 4.78 is 42.8. The summed E-state index contributed by atoms with van der Waals surface area (Å²) in [7, 11) is 1.20. The average molecular weight is 372 g/mol. The van der Waals surface area contributed by atoms with Crippen molar-refractivity contribution in [2.75, 3.05) is 20.2 Å². The zero-order valence-electron chi connectivity index (χ0n) is 14.1. The number of nitrogens with one attached hydrogen (secondary N) is 1. The van der Waals surface area contributed by atoms with E-state index in [0.29, 0.717) is 12.0 Å². The highest BCUT2D eigenvalue weighted by atomic mass is 19.4. The molecule has 0 spiro atoms. The number of halogens is 3. The van der Waals surface area contributed by atoms with Crippen LogP contribution in [0.1, 0.15) is 24.0 Å². The monoisotopic (exact) mass is 372 g/mol. The molecule has 0 saturated carbocycles. The van der Waals surface area contributed by atoms with Crippen LogP contribution in [0.3, 0.4) is 0 Å². The summed E-state index contributed by atoms with van der Waals surface area (Å²) >= 11 is 0. The molecule has 6 nitrogen and oxygen atoms in total. The Bertz CT molecular complexity index is 691. The third-order valence-corrected chi connectivity index (χ3v) is 4.13. The van der Waals surface area contributed by atoms with Crippen molar-refractivity contribution < 1.29 is 32.3 Å². The van der Waals surface area contributed by atoms with Crippen molar-refractivity contribution in [3.05, 3.63) is 35.4 Å². The summed E-state index contributed by atoms with van der Waals surface area (Å²) in [4.78, 5) is 36.6. The minimum Gasteiger partial charge on any atom is -0.468 e. The number of esters is 1. The highest BCUT2D eigenvalue weighted by Crippen LogP contribution is 2.30. The predicted octanol–water partition coefficient (Wildman–Crippen LogP) is 1.73. The zero-order valence-corrected chi connectivity index (χ0v) is 14.1. The summed E-state index contributed by atoms with van der Waals surface area (Å²) in [5, 5.41) is 2.43. The number of benzene rings is 1. The number of likely N-dealkylation sites (tertiary alicyclic amines) is 1. The SMILES string of the molecule is COC(=O)CNC(=O)[C@@H]1CCC(=O)N(Cc2cccc(C(F)(F)F)c2)C1. The first kappa shape index (κ1) is 19.7. The fourth-order valence-electron chi connectivity index (χ4n) is 2.72. The number of methoxy groups -OCH3 is 1. The standard InChI is InChI=1S/C17H19F3N2O4/c1-26-15(24)8-21-16(25)12-5-6-14(23)22(10-12)9-11-3-2-4-13(7-11)17(18,19)20/h2-4,7,12H,5-6,8-10H2,1H3,(H,21,25)/t12-/m1/s1. The molecule has 2 amide bonds. The van der Waals surface area contributed by atoms with Crippen molar-refractivity contribution in [3.8, 4) is 0 Å². The molecule has 0 aliphatic carbocycles. The van der Waals surface area contributed by atoms with Crippen molar-refractivity contribution in [2.24, 2.45) is 5.92 Å². The number of hydrogen-bond acceptors (Lipinski definition) is 4. The fourth-order valence-corrected chi connectivity index (χ4v) is 2.72. The Hall–Kier alpha value is -2.58. The van der Waals surface area contributed by atoms with E-state index in [1.165, 1.54) is 24.1 Å². The van der Waals surface area contributed by atoms with E-state index in [1.807, 2.05) is 0 Å². The minimum atomic E-state index is -4.46. The third kappa shape index (κ3) is 5.21. The Morgan fingerprint density at radius 2 is 2.08 bits per heavy atom. The van der Waals surface area contributed by atoms with Crippen molar-refractivity contribution >= 4 is 17.8 Å². The van der Waals surface area contributed by atoms with E-state index in [4.69, 9.17) is 0 Å². The number of hydrogen-bond donors (Lipinski definition) is 1. The van der Waals surface area contributed by atoms with Gasteiger partial charge in [-0.2, -0.15) is 13.2 Å². The van der Waals surface area contributed by atoms with Gasteiger partial charge in [0.05, 0.1) is 18.6 Å². The molecule has 1 atom stereocenters. The van der Waals surface area contributed by atoms with E-state index >= 15 is 0 Å². The molecule has 1 aromatic rings. The van der Waals surface area contributed by atoms with Crippen LogP contribution >= 0.6 is 0 Å². The van der Waals surface area contributed by atoms with Crippen LogP contribution in [0.2, 0.25) is 0 Å². The summed E-state index contributed by atoms with van der Waals surface area (Å²) in [6, 6.07) is 4.75. The molecule has 2 rings (SSSR count). The molecule has 0 unspecified atom stereocenters. The molecule has 1 aliphatic heterocycles. The lowest BCUT2D eigenvalue weighted by Gasteiger charge is -2.32. The Morgan fingerprint density at radius 3 is 2.73 bits per heavy atom. The molecule has 1 saturated heterocycles. The highest BCUT2D eigenvalue weighted by Gasteiger charge is 2.32. The lowest BCUT2D eigenvalue weighted by molar-refractivity contribution is -0.143. The van der Waals surface area contributed by atoms with Crippen LogP contribution in [0.25, 0.3) is 0 Å². The average Bonchev–Trinajstić information content (AvgIpc) is 2.60. The summed E-state index contributed by atoms with van der Waals surface area (Å²) in [5.41, 5.74) is -0.448. The number of piperidine rings is 1. The van der Waals surface area contributed by atoms with Crippen molar-refractivity contribution in [1.82, 2.24) is 10.2 Å². The van der Waals surface area contributed by atoms with E-state index in [0.717, 1.165) is 12.1 Å². The van der Waals surface area contributed by atoms with Gasteiger partial charge < -0.3 is 15.0 Å². The number of rotatable bonds is 5. The Balaban J connectivity index is 2.01. The Kier molecular flexibility index (Phi) is 6.23. The number of carbonyl (C=O) groups excluding carboxylic acids is 3. The molecule has 26 heavy (non-hydrogen) atoms. The largest absolute Gasteiger partial charge is 0.468 e. The topological polar surface area (TPSA) is 75.7 Å². The number of amides is 2. The molecule has 0 radical (unpaired) electrons. The maximum Gasteiger partial charge on any atom is 0.416 e. The molecule has 1 N–H and O–H groups in total. The zero-order chi connectivity index (χ0) is 19.3. The van der Waals surface area contributed by atoms with Crippen LogP contribution in [0, 0.1) is 5.92 Å². The summed E-state index contributed by atoms with van der Waals surface area (Å²) in [6.07, 6.45) is -4.02. The molecule has 1 aromatic carbocycles. The lowest BCUT2D eigenvalue weighted by Crippen LogP contribution is -2.46. The van der Waals surface area contributed by atoms with Crippen LogP contribution in [-0.2, 0) is 31.8 Å². The smallest absolute Gasteiger partial charge is 0.416 e. The number of alkyl halides is 3. The number of ether oxygens (including phenoxy) is 1. The maximum atomic E-state index is 12.8. The van der Waals surface area contributed by atoms with Gasteiger partial charge in [0.25, 0.3) is 0 Å². The van der Waals surface area contributed by atoms with Gasteiger partial charge in [-0.3, -0.25) is 14.4 Å². The molecule has 1 heterocycles. The van der Waals surface area contributed by atoms with Crippen LogP contribution < -0.4 is 5.32 Å². The summed E-state index contributed by atoms with van der Waals surface area (Å²) in [5.74, 6) is -1.73. The second kappa shape index (κ2) is 8.20. The number of nitrogens with zero attached hydrogens (tertiary/aromatic N) is 1. The van der Waals surface area contributed by atoms with Gasteiger partial charge in [0.2, 0.25) is 11.8 Å². The van der Waals surface area contributed by atoms with Gasteiger partial charge in [0.15, 0.2) is 0 Å². The van der Waals surface area contributed by atoms with Crippen molar-refractivity contribution in [1.29, 1.82) is 0 Å². The molecule has 9 heteroatoms. The molecule has 1 aliphatic rings. The highest BCUT2D eigenvalue weighted by molar-refractivity contribution is 5.86. The number of carbonyl (C=O) groups is 3. The Labute approximate surface area is 148 Å². The second-order valence-electron chi connectivity index (χ2n) is 6.00. The molecule has 142 valence electrons. The van der Waals surface area contributed by atoms with Crippen LogP contribution in [0.15, 0.2) is 24.3 Å². The third-order valence-electron chi connectivity index (χ3n) is 4.13. The predicted molar refractivity (Wildman–Crippen MR) is 84.6 cm³/mol. The Morgan fingerprint density at radius 1 is 1.35 bits per heavy atom. The van der Waals surface area contributed by atoms with E-state index in [2.05, 4.69) is 10.1 Å². The van der Waals surface area contributed by atoms with Crippen LogP contribution in [0.4, 0.5) is 13.2 Å². The van der Waals surface area contributed by atoms with Gasteiger partial charge in [0, 0.05) is 19.5 Å². The normalized spacial score (nSPS) is 17.8. The van der Waals surface area contributed by atoms with Crippen molar-refractivity contribution in [2.45, 2.75) is 25.6 Å². The van der Waals surface area contributed by atoms with Gasteiger partial charge in [-0.25, -0.2) is 0 Å². The van der Waals surface area contributed by atoms with Gasteiger partial charge >= 0.3 is 12.1 Å². The van der Waals surface area contributed by atoms with E-state index in [-0.39, 0.29) is 32.0 Å². The van der Waals surface area contributed by atoms with Crippen molar-refractivity contribution in [3.63, 3.8) is 0 Å². The van der Waals surface area contributed by atoms with Gasteiger partial charge in [-0.05, 0) is 24.1 Å². The molecular formula is C17H19F3N2O4. The van der Waals surface area contributed by atoms with Crippen LogP contribution in [-0.4, -0.2) is 42.9 Å². The maximum absolute atomic E-state index is 12.8. The van der Waals surface area contributed by atoms with Gasteiger partial charge in [-0.15, -0.1) is 0 Å². The van der Waals surface area contributed by atoms with Crippen LogP contribution in [0.5, 0.6) is 0 Å². The quantitative estimate of drug-likeness (QED) is 0.799. The molecular weight excluding hydrogens is 353 g/mol. The molecule has 0 bridgehead atoms. The first-order chi connectivity index (χ1) is 12.2. The second-order valence-corrected chi connectivity index (χ2v) is 6.00. The summed E-state index contributed by atoms with van der Waals surface area (Å²) in [6.45, 7) is -0.195. The first-order valence-electron chi connectivity index (χ1n) is 7.99. The molecule has 1 fully saturated rings. The first-order valence-corrected chi connectivity index (χ1v) is 7.99. The van der Waals surface area contributed by atoms with Gasteiger partial charge in [0.1, 0.15) is 6.54 Å². The van der Waals surface area contributed by atoms with E-state index < -0.39 is 29.5 Å². The minimum absolute atomic E-state index is 0.0104. The van der Waals surface area contributed by atoms with E-state index in [1.54, 1.807) is 0 Å².